The second-order valence-electron chi connectivity index (χ2n) is 9.55. The third-order valence-electron chi connectivity index (χ3n) is 7.55. The summed E-state index contributed by atoms with van der Waals surface area (Å²) in [5, 5.41) is 12.7. The highest BCUT2D eigenvalue weighted by Gasteiger charge is 2.43. The van der Waals surface area contributed by atoms with E-state index in [4.69, 9.17) is 11.6 Å². The van der Waals surface area contributed by atoms with Crippen molar-refractivity contribution in [2.45, 2.75) is 37.8 Å². The first-order valence-electron chi connectivity index (χ1n) is 11.5. The second kappa shape index (κ2) is 8.13. The molecule has 3 aromatic rings. The summed E-state index contributed by atoms with van der Waals surface area (Å²) in [5.74, 6) is 1.96. The Morgan fingerprint density at radius 1 is 0.906 bits per heavy atom. The van der Waals surface area contributed by atoms with Crippen LogP contribution in [0.1, 0.15) is 24.0 Å². The summed E-state index contributed by atoms with van der Waals surface area (Å²) in [6, 6.07) is 18.1. The molecule has 4 nitrogen and oxygen atoms in total. The SMILES string of the molecule is Fc1ccc(Cl)c(-c2ccc(NC3C[C@@H]4CN(C5Cc6ccccc6C5)C[C@H]4C3)nn2)c1. The van der Waals surface area contributed by atoms with Crippen LogP contribution in [-0.2, 0) is 12.8 Å². The van der Waals surface area contributed by atoms with E-state index < -0.39 is 0 Å². The number of rotatable bonds is 4. The number of benzene rings is 2. The fraction of sp³-hybridized carbons (Fsp3) is 0.385. The highest BCUT2D eigenvalue weighted by molar-refractivity contribution is 6.33. The lowest BCUT2D eigenvalue weighted by Crippen LogP contribution is -2.35. The Morgan fingerprint density at radius 3 is 2.28 bits per heavy atom. The Bertz CT molecular complexity index is 1100. The van der Waals surface area contributed by atoms with E-state index in [1.165, 1.54) is 62.0 Å². The van der Waals surface area contributed by atoms with Gasteiger partial charge in [-0.15, -0.1) is 10.2 Å². The molecule has 1 saturated heterocycles. The number of hydrogen-bond acceptors (Lipinski definition) is 4. The fourth-order valence-corrected chi connectivity index (χ4v) is 6.22. The van der Waals surface area contributed by atoms with Crippen molar-refractivity contribution in [2.24, 2.45) is 11.8 Å². The Kier molecular flexibility index (Phi) is 5.11. The van der Waals surface area contributed by atoms with Gasteiger partial charge >= 0.3 is 0 Å². The number of nitrogens with zero attached hydrogens (tertiary/aromatic N) is 3. The van der Waals surface area contributed by atoms with Crippen LogP contribution < -0.4 is 5.32 Å². The van der Waals surface area contributed by atoms with Gasteiger partial charge in [0, 0.05) is 30.7 Å². The minimum absolute atomic E-state index is 0.332. The highest BCUT2D eigenvalue weighted by Crippen LogP contribution is 2.41. The molecule has 6 heteroatoms. The van der Waals surface area contributed by atoms with E-state index in [1.54, 1.807) is 6.07 Å². The van der Waals surface area contributed by atoms with E-state index in [0.717, 1.165) is 17.7 Å². The lowest BCUT2D eigenvalue weighted by Gasteiger charge is -2.25. The van der Waals surface area contributed by atoms with Crippen molar-refractivity contribution >= 4 is 17.4 Å². The number of aromatic nitrogens is 2. The second-order valence-corrected chi connectivity index (χ2v) is 9.95. The smallest absolute Gasteiger partial charge is 0.148 e. The van der Waals surface area contributed by atoms with Crippen LogP contribution in [0.3, 0.4) is 0 Å². The van der Waals surface area contributed by atoms with Gasteiger partial charge in [-0.1, -0.05) is 35.9 Å². The quantitative estimate of drug-likeness (QED) is 0.593. The van der Waals surface area contributed by atoms with Crippen molar-refractivity contribution in [2.75, 3.05) is 18.4 Å². The first kappa shape index (κ1) is 20.1. The van der Waals surface area contributed by atoms with E-state index in [1.807, 2.05) is 12.1 Å². The van der Waals surface area contributed by atoms with Gasteiger partial charge in [-0.2, -0.15) is 0 Å². The molecule has 0 bridgehead atoms. The first-order chi connectivity index (χ1) is 15.6. The zero-order valence-electron chi connectivity index (χ0n) is 17.8. The van der Waals surface area contributed by atoms with Crippen LogP contribution in [0.2, 0.25) is 5.02 Å². The molecule has 0 amide bonds. The molecule has 3 aliphatic rings. The highest BCUT2D eigenvalue weighted by atomic mass is 35.5. The normalized spacial score (nSPS) is 23.4. The van der Waals surface area contributed by atoms with Crippen LogP contribution in [0.4, 0.5) is 10.2 Å². The van der Waals surface area contributed by atoms with Gasteiger partial charge in [-0.3, -0.25) is 4.90 Å². The van der Waals surface area contributed by atoms with Crippen LogP contribution in [0.25, 0.3) is 11.3 Å². The average Bonchev–Trinajstić information content (AvgIpc) is 3.48. The van der Waals surface area contributed by atoms with Gasteiger partial charge in [0.25, 0.3) is 0 Å². The van der Waals surface area contributed by atoms with E-state index in [-0.39, 0.29) is 5.82 Å². The number of fused-ring (bicyclic) bond motifs is 2. The molecule has 1 aromatic heterocycles. The molecule has 1 saturated carbocycles. The van der Waals surface area contributed by atoms with E-state index >= 15 is 0 Å². The summed E-state index contributed by atoms with van der Waals surface area (Å²) in [5.41, 5.74) is 4.22. The molecule has 2 aliphatic carbocycles. The number of hydrogen-bond donors (Lipinski definition) is 1. The Labute approximate surface area is 192 Å². The summed E-state index contributed by atoms with van der Waals surface area (Å²) < 4.78 is 13.6. The number of halogens is 2. The fourth-order valence-electron chi connectivity index (χ4n) is 6.00. The minimum Gasteiger partial charge on any atom is -0.366 e. The van der Waals surface area contributed by atoms with Crippen molar-refractivity contribution in [3.63, 3.8) is 0 Å². The van der Waals surface area contributed by atoms with Crippen LogP contribution in [0.15, 0.2) is 54.6 Å². The maximum atomic E-state index is 13.6. The van der Waals surface area contributed by atoms with E-state index in [0.29, 0.717) is 28.4 Å². The van der Waals surface area contributed by atoms with Gasteiger partial charge in [0.05, 0.1) is 10.7 Å². The predicted molar refractivity (Wildman–Crippen MR) is 125 cm³/mol. The van der Waals surface area contributed by atoms with E-state index in [9.17, 15) is 4.39 Å². The van der Waals surface area contributed by atoms with Gasteiger partial charge in [0.2, 0.25) is 0 Å². The van der Waals surface area contributed by atoms with Crippen LogP contribution in [0, 0.1) is 17.7 Å². The lowest BCUT2D eigenvalue weighted by atomic mass is 10.0. The van der Waals surface area contributed by atoms with Crippen molar-refractivity contribution < 1.29 is 4.39 Å². The Hall–Kier alpha value is -2.50. The van der Waals surface area contributed by atoms with Crippen molar-refractivity contribution in [1.29, 1.82) is 0 Å². The number of anilines is 1. The molecule has 0 spiro atoms. The van der Waals surface area contributed by atoms with Gasteiger partial charge in [-0.05, 0) is 79.0 Å². The molecule has 2 aromatic carbocycles. The number of likely N-dealkylation sites (tertiary alicyclic amines) is 1. The molecule has 2 atom stereocenters. The molecule has 0 radical (unpaired) electrons. The lowest BCUT2D eigenvalue weighted by molar-refractivity contribution is 0.230. The molecule has 2 heterocycles. The van der Waals surface area contributed by atoms with Gasteiger partial charge in [0.15, 0.2) is 0 Å². The molecule has 1 aliphatic heterocycles. The Morgan fingerprint density at radius 2 is 1.62 bits per heavy atom. The zero-order chi connectivity index (χ0) is 21.7. The summed E-state index contributed by atoms with van der Waals surface area (Å²) in [6.07, 6.45) is 4.77. The zero-order valence-corrected chi connectivity index (χ0v) is 18.6. The molecule has 6 rings (SSSR count). The standard InChI is InChI=1S/C26H26ClFN4/c27-24-6-5-20(28)13-23(24)25-7-8-26(31-30-25)29-21-9-18-14-32(15-19(18)10-21)22-11-16-3-1-2-4-17(16)12-22/h1-8,13,18-19,21-22H,9-12,14-15H2,(H,29,31)/t18-,19-/m1/s1. The maximum Gasteiger partial charge on any atom is 0.148 e. The average molecular weight is 449 g/mol. The minimum atomic E-state index is -0.332. The topological polar surface area (TPSA) is 41.0 Å². The predicted octanol–water partition coefficient (Wildman–Crippen LogP) is 5.23. The van der Waals surface area contributed by atoms with Crippen molar-refractivity contribution in [3.8, 4) is 11.3 Å². The first-order valence-corrected chi connectivity index (χ1v) is 11.9. The summed E-state index contributed by atoms with van der Waals surface area (Å²) in [6.45, 7) is 2.42. The van der Waals surface area contributed by atoms with Crippen LogP contribution in [0.5, 0.6) is 0 Å². The third kappa shape index (κ3) is 3.78. The van der Waals surface area contributed by atoms with E-state index in [2.05, 4.69) is 44.7 Å². The summed E-state index contributed by atoms with van der Waals surface area (Å²) >= 11 is 6.19. The molecule has 2 fully saturated rings. The largest absolute Gasteiger partial charge is 0.366 e. The third-order valence-corrected chi connectivity index (χ3v) is 7.88. The number of nitrogens with one attached hydrogen (secondary N) is 1. The molecule has 0 unspecified atom stereocenters. The molecular formula is C26H26ClFN4. The molecule has 1 N–H and O–H groups in total. The van der Waals surface area contributed by atoms with Gasteiger partial charge in [0.1, 0.15) is 11.6 Å². The monoisotopic (exact) mass is 448 g/mol. The summed E-state index contributed by atoms with van der Waals surface area (Å²) in [7, 11) is 0. The van der Waals surface area contributed by atoms with Crippen molar-refractivity contribution in [3.05, 3.63) is 76.6 Å². The summed E-state index contributed by atoms with van der Waals surface area (Å²) in [4.78, 5) is 2.74. The van der Waals surface area contributed by atoms with Crippen molar-refractivity contribution in [1.82, 2.24) is 15.1 Å². The van der Waals surface area contributed by atoms with Crippen LogP contribution in [-0.4, -0.2) is 40.3 Å². The Balaban J connectivity index is 1.05. The maximum absolute atomic E-state index is 13.6. The molecular weight excluding hydrogens is 423 g/mol. The van der Waals surface area contributed by atoms with Gasteiger partial charge < -0.3 is 5.32 Å². The van der Waals surface area contributed by atoms with Gasteiger partial charge in [-0.25, -0.2) is 4.39 Å². The molecule has 32 heavy (non-hydrogen) atoms. The molecule has 164 valence electrons. The van der Waals surface area contributed by atoms with Crippen LogP contribution >= 0.6 is 11.6 Å².